The minimum Gasteiger partial charge on any atom is -0.381 e. The van der Waals surface area contributed by atoms with Gasteiger partial charge in [-0.3, -0.25) is 0 Å². The van der Waals surface area contributed by atoms with E-state index in [1.54, 1.807) is 17.7 Å². The summed E-state index contributed by atoms with van der Waals surface area (Å²) < 4.78 is 6.86. The van der Waals surface area contributed by atoms with Crippen LogP contribution in [-0.4, -0.2) is 36.3 Å². The van der Waals surface area contributed by atoms with Crippen LogP contribution in [0.1, 0.15) is 19.3 Å². The molecular weight excluding hydrogens is 258 g/mol. The number of anilines is 1. The summed E-state index contributed by atoms with van der Waals surface area (Å²) >= 11 is 1.74. The maximum absolute atomic E-state index is 5.64. The minimum absolute atomic E-state index is 0.368. The summed E-state index contributed by atoms with van der Waals surface area (Å²) in [6, 6.07) is 2.07. The predicted molar refractivity (Wildman–Crippen MR) is 76.7 cm³/mol. The minimum atomic E-state index is 0.368. The van der Waals surface area contributed by atoms with Gasteiger partial charge in [0.25, 0.3) is 0 Å². The van der Waals surface area contributed by atoms with Gasteiger partial charge in [-0.1, -0.05) is 0 Å². The molecule has 0 bridgehead atoms. The highest BCUT2D eigenvalue weighted by atomic mass is 32.1. The van der Waals surface area contributed by atoms with Crippen LogP contribution in [0.5, 0.6) is 0 Å². The predicted octanol–water partition coefficient (Wildman–Crippen LogP) is 2.70. The summed E-state index contributed by atoms with van der Waals surface area (Å²) in [5.41, 5.74) is 1.43. The van der Waals surface area contributed by atoms with Crippen molar-refractivity contribution < 1.29 is 4.74 Å². The SMILES string of the molecule is c1nc(N2CCC[C@]3(CCOC3)C2)c2sccc2n1. The lowest BCUT2D eigenvalue weighted by molar-refractivity contribution is 0.139. The summed E-state index contributed by atoms with van der Waals surface area (Å²) in [6.07, 6.45) is 5.42. The summed E-state index contributed by atoms with van der Waals surface area (Å²) in [4.78, 5) is 11.3. The van der Waals surface area contributed by atoms with E-state index >= 15 is 0 Å². The van der Waals surface area contributed by atoms with Gasteiger partial charge < -0.3 is 9.64 Å². The smallest absolute Gasteiger partial charge is 0.150 e. The van der Waals surface area contributed by atoms with Crippen molar-refractivity contribution in [2.24, 2.45) is 5.41 Å². The zero-order valence-electron chi connectivity index (χ0n) is 10.8. The molecule has 2 aliphatic heterocycles. The number of hydrogen-bond acceptors (Lipinski definition) is 5. The van der Waals surface area contributed by atoms with Gasteiger partial charge in [-0.25, -0.2) is 9.97 Å². The van der Waals surface area contributed by atoms with Gasteiger partial charge in [-0.05, 0) is 30.7 Å². The Morgan fingerprint density at radius 2 is 2.32 bits per heavy atom. The first-order chi connectivity index (χ1) is 9.36. The highest BCUT2D eigenvalue weighted by molar-refractivity contribution is 7.17. The standard InChI is InChI=1S/C14H17N3OS/c1-3-14(4-6-18-9-14)8-17(5-1)13-12-11(2-7-19-12)15-10-16-13/h2,7,10H,1,3-6,8-9H2/t14-/m0/s1. The number of aromatic nitrogens is 2. The maximum atomic E-state index is 5.64. The zero-order valence-corrected chi connectivity index (χ0v) is 11.7. The Hall–Kier alpha value is -1.20. The van der Waals surface area contributed by atoms with Gasteiger partial charge in [0.2, 0.25) is 0 Å². The largest absolute Gasteiger partial charge is 0.381 e. The average Bonchev–Trinajstić information content (AvgIpc) is 3.07. The lowest BCUT2D eigenvalue weighted by Gasteiger charge is -2.40. The first-order valence-corrected chi connectivity index (χ1v) is 7.75. The first kappa shape index (κ1) is 11.6. The van der Waals surface area contributed by atoms with Crippen molar-refractivity contribution in [1.82, 2.24) is 9.97 Å². The Kier molecular flexibility index (Phi) is 2.70. The molecule has 1 spiro atoms. The number of thiophene rings is 1. The van der Waals surface area contributed by atoms with E-state index in [0.717, 1.165) is 37.6 Å². The average molecular weight is 275 g/mol. The van der Waals surface area contributed by atoms with Gasteiger partial charge in [-0.15, -0.1) is 11.3 Å². The molecule has 0 aromatic carbocycles. The molecular formula is C14H17N3OS. The Morgan fingerprint density at radius 3 is 3.21 bits per heavy atom. The number of hydrogen-bond donors (Lipinski definition) is 0. The molecule has 0 N–H and O–H groups in total. The Balaban J connectivity index is 1.70. The molecule has 2 fully saturated rings. The van der Waals surface area contributed by atoms with Crippen LogP contribution in [0.4, 0.5) is 5.82 Å². The van der Waals surface area contributed by atoms with E-state index in [4.69, 9.17) is 4.74 Å². The van der Waals surface area contributed by atoms with Crippen molar-refractivity contribution in [3.05, 3.63) is 17.8 Å². The molecule has 5 heteroatoms. The molecule has 4 nitrogen and oxygen atoms in total. The highest BCUT2D eigenvalue weighted by Crippen LogP contribution is 2.40. The van der Waals surface area contributed by atoms with E-state index in [2.05, 4.69) is 26.3 Å². The Morgan fingerprint density at radius 1 is 1.32 bits per heavy atom. The van der Waals surface area contributed by atoms with Crippen molar-refractivity contribution in [3.8, 4) is 0 Å². The van der Waals surface area contributed by atoms with Crippen LogP contribution in [0.3, 0.4) is 0 Å². The molecule has 2 aromatic heterocycles. The van der Waals surface area contributed by atoms with E-state index in [-0.39, 0.29) is 0 Å². The monoisotopic (exact) mass is 275 g/mol. The van der Waals surface area contributed by atoms with Crippen molar-refractivity contribution in [2.45, 2.75) is 19.3 Å². The molecule has 2 saturated heterocycles. The first-order valence-electron chi connectivity index (χ1n) is 6.87. The third-order valence-corrected chi connectivity index (χ3v) is 5.27. The van der Waals surface area contributed by atoms with E-state index < -0.39 is 0 Å². The van der Waals surface area contributed by atoms with Crippen LogP contribution >= 0.6 is 11.3 Å². The van der Waals surface area contributed by atoms with Crippen LogP contribution in [0.15, 0.2) is 17.8 Å². The Labute approximate surface area is 116 Å². The lowest BCUT2D eigenvalue weighted by Crippen LogP contribution is -2.44. The molecule has 1 atom stereocenters. The molecule has 0 saturated carbocycles. The Bertz CT molecular complexity index is 591. The number of fused-ring (bicyclic) bond motifs is 1. The zero-order chi connectivity index (χ0) is 12.7. The molecule has 100 valence electrons. The second kappa shape index (κ2) is 4.42. The van der Waals surface area contributed by atoms with Crippen LogP contribution < -0.4 is 4.90 Å². The lowest BCUT2D eigenvalue weighted by atomic mass is 9.79. The molecule has 0 radical (unpaired) electrons. The van der Waals surface area contributed by atoms with Gasteiger partial charge in [-0.2, -0.15) is 0 Å². The topological polar surface area (TPSA) is 38.2 Å². The van der Waals surface area contributed by atoms with Crippen LogP contribution in [-0.2, 0) is 4.74 Å². The van der Waals surface area contributed by atoms with E-state index in [0.29, 0.717) is 5.41 Å². The third-order valence-electron chi connectivity index (χ3n) is 4.37. The van der Waals surface area contributed by atoms with Gasteiger partial charge in [0.05, 0.1) is 16.8 Å². The number of nitrogens with zero attached hydrogens (tertiary/aromatic N) is 3. The van der Waals surface area contributed by atoms with Crippen molar-refractivity contribution in [3.63, 3.8) is 0 Å². The fourth-order valence-corrected chi connectivity index (χ4v) is 4.22. The van der Waals surface area contributed by atoms with Crippen molar-refractivity contribution >= 4 is 27.4 Å². The molecule has 0 unspecified atom stereocenters. The number of piperidine rings is 1. The molecule has 2 aliphatic rings. The fourth-order valence-electron chi connectivity index (χ4n) is 3.36. The second-order valence-corrected chi connectivity index (χ2v) is 6.58. The highest BCUT2D eigenvalue weighted by Gasteiger charge is 2.39. The van der Waals surface area contributed by atoms with E-state index in [9.17, 15) is 0 Å². The van der Waals surface area contributed by atoms with Crippen molar-refractivity contribution in [1.29, 1.82) is 0 Å². The molecule has 0 amide bonds. The van der Waals surface area contributed by atoms with E-state index in [1.165, 1.54) is 24.0 Å². The van der Waals surface area contributed by atoms with Crippen LogP contribution in [0, 0.1) is 5.41 Å². The molecule has 4 heterocycles. The third kappa shape index (κ3) is 1.92. The van der Waals surface area contributed by atoms with Crippen LogP contribution in [0.25, 0.3) is 10.2 Å². The number of ether oxygens (including phenoxy) is 1. The molecule has 2 aromatic rings. The summed E-state index contributed by atoms with van der Waals surface area (Å²) in [7, 11) is 0. The second-order valence-electron chi connectivity index (χ2n) is 5.66. The summed E-state index contributed by atoms with van der Waals surface area (Å²) in [5.74, 6) is 1.12. The molecule has 19 heavy (non-hydrogen) atoms. The van der Waals surface area contributed by atoms with E-state index in [1.807, 2.05) is 0 Å². The van der Waals surface area contributed by atoms with Crippen molar-refractivity contribution in [2.75, 3.05) is 31.2 Å². The van der Waals surface area contributed by atoms with Gasteiger partial charge >= 0.3 is 0 Å². The normalized spacial score (nSPS) is 27.5. The summed E-state index contributed by atoms with van der Waals surface area (Å²) in [5, 5.41) is 2.10. The maximum Gasteiger partial charge on any atom is 0.150 e. The summed E-state index contributed by atoms with van der Waals surface area (Å²) in [6.45, 7) is 4.02. The quantitative estimate of drug-likeness (QED) is 0.802. The van der Waals surface area contributed by atoms with Crippen LogP contribution in [0.2, 0.25) is 0 Å². The fraction of sp³-hybridized carbons (Fsp3) is 0.571. The van der Waals surface area contributed by atoms with Gasteiger partial charge in [0.1, 0.15) is 12.1 Å². The molecule has 0 aliphatic carbocycles. The molecule has 4 rings (SSSR count). The van der Waals surface area contributed by atoms with Gasteiger partial charge in [0.15, 0.2) is 0 Å². The number of rotatable bonds is 1. The van der Waals surface area contributed by atoms with Gasteiger partial charge in [0, 0.05) is 25.1 Å².